The largest absolute Gasteiger partial charge is 0.456 e. The summed E-state index contributed by atoms with van der Waals surface area (Å²) in [5.41, 5.74) is 0. The number of halogens is 5. The molecule has 0 fully saturated rings. The van der Waals surface area contributed by atoms with Gasteiger partial charge < -0.3 is 14.4 Å². The van der Waals surface area contributed by atoms with E-state index in [4.69, 9.17) is 9.47 Å². The van der Waals surface area contributed by atoms with Gasteiger partial charge in [-0.3, -0.25) is 4.79 Å². The molecule has 0 radical (unpaired) electrons. The maximum atomic E-state index is 14.1. The molecule has 1 aromatic carbocycles. The Hall–Kier alpha value is -1.90. The highest BCUT2D eigenvalue weighted by molar-refractivity contribution is 5.78. The van der Waals surface area contributed by atoms with Crippen LogP contribution in [0.5, 0.6) is 5.75 Å². The molecule has 0 spiro atoms. The zero-order valence-corrected chi connectivity index (χ0v) is 17.7. The first kappa shape index (κ1) is 25.1. The van der Waals surface area contributed by atoms with Crippen LogP contribution >= 0.6 is 0 Å². The molecular weight excluding hydrogens is 397 g/mol. The third-order valence-electron chi connectivity index (χ3n) is 5.33. The second kappa shape index (κ2) is 10.2. The lowest BCUT2D eigenvalue weighted by molar-refractivity contribution is -0.155. The van der Waals surface area contributed by atoms with Crippen molar-refractivity contribution in [3.63, 3.8) is 0 Å². The number of hydrogen-bond acceptors (Lipinski definition) is 3. The SMILES string of the molecule is CC[C@H](C)[C@@H]([C@H](OC)Oc1c(F)c(F)c(F)c(F)c1F)N(C)C(=O)[C@@H](C)C(C)C. The Bertz CT molecular complexity index is 700. The van der Waals surface area contributed by atoms with Crippen molar-refractivity contribution in [2.45, 2.75) is 53.4 Å². The van der Waals surface area contributed by atoms with Gasteiger partial charge in [0.05, 0.1) is 6.04 Å². The van der Waals surface area contributed by atoms with Crippen molar-refractivity contribution in [3.8, 4) is 5.75 Å². The summed E-state index contributed by atoms with van der Waals surface area (Å²) in [6.07, 6.45) is -0.926. The van der Waals surface area contributed by atoms with Gasteiger partial charge in [-0.25, -0.2) is 13.2 Å². The molecular formula is C20H28F5NO3. The van der Waals surface area contributed by atoms with Crippen LogP contribution < -0.4 is 4.74 Å². The van der Waals surface area contributed by atoms with Crippen LogP contribution in [0.1, 0.15) is 41.0 Å². The van der Waals surface area contributed by atoms with Crippen molar-refractivity contribution in [2.24, 2.45) is 17.8 Å². The number of nitrogens with zero attached hydrogens (tertiary/aromatic N) is 1. The van der Waals surface area contributed by atoms with E-state index in [1.165, 1.54) is 11.9 Å². The van der Waals surface area contributed by atoms with E-state index >= 15 is 0 Å². The molecule has 0 aliphatic heterocycles. The van der Waals surface area contributed by atoms with Crippen molar-refractivity contribution < 1.29 is 36.2 Å². The van der Waals surface area contributed by atoms with Crippen LogP contribution in [0.15, 0.2) is 0 Å². The quantitative estimate of drug-likeness (QED) is 0.245. The lowest BCUT2D eigenvalue weighted by Crippen LogP contribution is -2.53. The third kappa shape index (κ3) is 5.18. The normalized spacial score (nSPS) is 15.8. The minimum Gasteiger partial charge on any atom is -0.456 e. The number of rotatable bonds is 9. The summed E-state index contributed by atoms with van der Waals surface area (Å²) in [7, 11) is 2.66. The predicted molar refractivity (Wildman–Crippen MR) is 97.7 cm³/mol. The van der Waals surface area contributed by atoms with E-state index in [2.05, 4.69) is 0 Å². The Morgan fingerprint density at radius 3 is 1.76 bits per heavy atom. The van der Waals surface area contributed by atoms with Crippen LogP contribution in [0.25, 0.3) is 0 Å². The zero-order valence-electron chi connectivity index (χ0n) is 17.7. The number of methoxy groups -OCH3 is 1. The molecule has 9 heteroatoms. The van der Waals surface area contributed by atoms with Gasteiger partial charge in [0.2, 0.25) is 47.0 Å². The van der Waals surface area contributed by atoms with E-state index in [1.54, 1.807) is 13.8 Å². The molecule has 29 heavy (non-hydrogen) atoms. The summed E-state index contributed by atoms with van der Waals surface area (Å²) in [6.45, 7) is 9.07. The molecule has 1 aromatic rings. The van der Waals surface area contributed by atoms with E-state index in [9.17, 15) is 26.7 Å². The van der Waals surface area contributed by atoms with Crippen molar-refractivity contribution in [3.05, 3.63) is 29.1 Å². The fourth-order valence-electron chi connectivity index (χ4n) is 2.89. The van der Waals surface area contributed by atoms with Crippen molar-refractivity contribution in [2.75, 3.05) is 14.2 Å². The molecule has 0 heterocycles. The molecule has 0 aliphatic carbocycles. The lowest BCUT2D eigenvalue weighted by atomic mass is 9.92. The molecule has 0 saturated heterocycles. The van der Waals surface area contributed by atoms with Gasteiger partial charge in [-0.2, -0.15) is 8.78 Å². The average molecular weight is 425 g/mol. The standard InChI is InChI=1S/C20H28F5NO3/c1-8-10(4)17(26(6)19(27)11(5)9(2)3)20(28-7)29-18-15(24)13(22)12(21)14(23)16(18)25/h9-11,17,20H,8H2,1-7H3/t10-,11-,17-,20+/m0/s1. The van der Waals surface area contributed by atoms with E-state index in [0.29, 0.717) is 6.42 Å². The molecule has 1 rings (SSSR count). The summed E-state index contributed by atoms with van der Waals surface area (Å²) >= 11 is 0. The van der Waals surface area contributed by atoms with Gasteiger partial charge in [0, 0.05) is 20.1 Å². The molecule has 1 amide bonds. The fraction of sp³-hybridized carbons (Fsp3) is 0.650. The molecule has 0 N–H and O–H groups in total. The monoisotopic (exact) mass is 425 g/mol. The maximum absolute atomic E-state index is 14.1. The van der Waals surface area contributed by atoms with Crippen LogP contribution in [0.4, 0.5) is 22.0 Å². The number of hydrogen-bond donors (Lipinski definition) is 0. The second-order valence-corrected chi connectivity index (χ2v) is 7.48. The van der Waals surface area contributed by atoms with Crippen LogP contribution in [0.2, 0.25) is 0 Å². The fourth-order valence-corrected chi connectivity index (χ4v) is 2.89. The molecule has 166 valence electrons. The van der Waals surface area contributed by atoms with E-state index in [1.807, 2.05) is 20.8 Å². The van der Waals surface area contributed by atoms with Crippen LogP contribution in [-0.4, -0.2) is 37.3 Å². The van der Waals surface area contributed by atoms with Gasteiger partial charge >= 0.3 is 0 Å². The van der Waals surface area contributed by atoms with Crippen molar-refractivity contribution in [1.82, 2.24) is 4.90 Å². The minimum absolute atomic E-state index is 0.0274. The Kier molecular flexibility index (Phi) is 8.86. The minimum atomic E-state index is -2.28. The summed E-state index contributed by atoms with van der Waals surface area (Å²) in [5.74, 6) is -13.0. The molecule has 4 nitrogen and oxygen atoms in total. The van der Waals surface area contributed by atoms with E-state index in [0.717, 1.165) is 7.11 Å². The Balaban J connectivity index is 3.37. The predicted octanol–water partition coefficient (Wildman–Crippen LogP) is 4.90. The Morgan fingerprint density at radius 2 is 1.38 bits per heavy atom. The molecule has 4 atom stereocenters. The first-order valence-electron chi connectivity index (χ1n) is 9.38. The zero-order chi connectivity index (χ0) is 22.6. The van der Waals surface area contributed by atoms with Crippen LogP contribution in [-0.2, 0) is 9.53 Å². The van der Waals surface area contributed by atoms with E-state index < -0.39 is 47.2 Å². The smallest absolute Gasteiger partial charge is 0.225 e. The summed E-state index contributed by atoms with van der Waals surface area (Å²) in [4.78, 5) is 14.1. The average Bonchev–Trinajstić information content (AvgIpc) is 2.70. The van der Waals surface area contributed by atoms with E-state index in [-0.39, 0.29) is 23.7 Å². The molecule has 0 bridgehead atoms. The number of benzene rings is 1. The first-order chi connectivity index (χ1) is 13.4. The number of ether oxygens (including phenoxy) is 2. The number of likely N-dealkylation sites (N-methyl/N-ethyl adjacent to an activating group) is 1. The number of carbonyl (C=O) groups is 1. The lowest BCUT2D eigenvalue weighted by Gasteiger charge is -2.38. The Morgan fingerprint density at radius 1 is 0.931 bits per heavy atom. The second-order valence-electron chi connectivity index (χ2n) is 7.48. The highest BCUT2D eigenvalue weighted by Gasteiger charge is 2.38. The number of carbonyl (C=O) groups excluding carboxylic acids is 1. The summed E-state index contributed by atoms with van der Waals surface area (Å²) in [5, 5.41) is 0. The molecule has 0 unspecified atom stereocenters. The first-order valence-corrected chi connectivity index (χ1v) is 9.38. The van der Waals surface area contributed by atoms with Gasteiger partial charge in [-0.05, 0) is 11.8 Å². The topological polar surface area (TPSA) is 38.8 Å². The van der Waals surface area contributed by atoms with Gasteiger partial charge in [0.25, 0.3) is 0 Å². The van der Waals surface area contributed by atoms with Crippen molar-refractivity contribution >= 4 is 5.91 Å². The third-order valence-corrected chi connectivity index (χ3v) is 5.33. The van der Waals surface area contributed by atoms with Gasteiger partial charge in [0.1, 0.15) is 0 Å². The van der Waals surface area contributed by atoms with Crippen LogP contribution in [0.3, 0.4) is 0 Å². The summed E-state index contributed by atoms with van der Waals surface area (Å²) < 4.78 is 78.7. The highest BCUT2D eigenvalue weighted by Crippen LogP contribution is 2.32. The van der Waals surface area contributed by atoms with Crippen molar-refractivity contribution in [1.29, 1.82) is 0 Å². The molecule has 0 saturated carbocycles. The van der Waals surface area contributed by atoms with Gasteiger partial charge in [0.15, 0.2) is 0 Å². The van der Waals surface area contributed by atoms with Gasteiger partial charge in [-0.15, -0.1) is 0 Å². The van der Waals surface area contributed by atoms with Gasteiger partial charge in [-0.1, -0.05) is 41.0 Å². The Labute approximate surface area is 168 Å². The van der Waals surface area contributed by atoms with Crippen LogP contribution in [0, 0.1) is 46.8 Å². The summed E-state index contributed by atoms with van der Waals surface area (Å²) in [6, 6.07) is -0.839. The maximum Gasteiger partial charge on any atom is 0.225 e. The molecule has 0 aromatic heterocycles. The number of amides is 1. The molecule has 0 aliphatic rings. The highest BCUT2D eigenvalue weighted by atomic mass is 19.2.